The van der Waals surface area contributed by atoms with Crippen LogP contribution in [0.5, 0.6) is 0 Å². The Bertz CT molecular complexity index is 1090. The fourth-order valence-corrected chi connectivity index (χ4v) is 3.92. The normalized spacial score (nSPS) is 16.8. The largest absolute Gasteiger partial charge is 0.466 e. The summed E-state index contributed by atoms with van der Waals surface area (Å²) >= 11 is 0. The van der Waals surface area contributed by atoms with Gasteiger partial charge in [-0.3, -0.25) is 9.59 Å². The van der Waals surface area contributed by atoms with Gasteiger partial charge in [0.15, 0.2) is 5.58 Å². The molecule has 0 unspecified atom stereocenters. The van der Waals surface area contributed by atoms with Gasteiger partial charge in [0.25, 0.3) is 5.91 Å². The molecule has 0 bridgehead atoms. The van der Waals surface area contributed by atoms with E-state index in [1.165, 1.54) is 18.4 Å². The van der Waals surface area contributed by atoms with Crippen molar-refractivity contribution in [2.45, 2.75) is 26.3 Å². The highest BCUT2D eigenvalue weighted by atomic mass is 19.1. The Balaban J connectivity index is 1.64. The van der Waals surface area contributed by atoms with E-state index in [-0.39, 0.29) is 36.4 Å². The van der Waals surface area contributed by atoms with Gasteiger partial charge in [-0.05, 0) is 25.8 Å². The molecule has 4 rings (SSSR count). The van der Waals surface area contributed by atoms with Crippen LogP contribution in [0.2, 0.25) is 0 Å². The van der Waals surface area contributed by atoms with Crippen LogP contribution in [0.25, 0.3) is 11.1 Å². The standard InChI is InChI=1S/C22H22F2N2O4/c1-2-29-22(28)15-4-3-8-25(12-15)21(27)19-11-20-18(7-9-30-20)26(19)13-14-5-6-16(23)10-17(14)24/h5-7,9-11,15H,2-4,8,12-13H2,1H3/t15-/m0/s1. The number of hydrogen-bond donors (Lipinski definition) is 0. The first-order valence-electron chi connectivity index (χ1n) is 9.94. The highest BCUT2D eigenvalue weighted by molar-refractivity contribution is 5.98. The smallest absolute Gasteiger partial charge is 0.310 e. The summed E-state index contributed by atoms with van der Waals surface area (Å²) in [5, 5.41) is 0. The molecule has 1 atom stereocenters. The van der Waals surface area contributed by atoms with Gasteiger partial charge in [0.2, 0.25) is 0 Å². The van der Waals surface area contributed by atoms with Crippen molar-refractivity contribution in [3.8, 4) is 0 Å². The highest BCUT2D eigenvalue weighted by Crippen LogP contribution is 2.26. The number of piperidine rings is 1. The minimum atomic E-state index is -0.681. The number of aromatic nitrogens is 1. The number of carbonyl (C=O) groups is 2. The van der Waals surface area contributed by atoms with Crippen molar-refractivity contribution in [3.63, 3.8) is 0 Å². The molecule has 3 aromatic rings. The molecule has 1 fully saturated rings. The van der Waals surface area contributed by atoms with Crippen LogP contribution >= 0.6 is 0 Å². The van der Waals surface area contributed by atoms with E-state index >= 15 is 0 Å². The van der Waals surface area contributed by atoms with Gasteiger partial charge in [0.05, 0.1) is 30.8 Å². The lowest BCUT2D eigenvalue weighted by Crippen LogP contribution is -2.43. The first kappa shape index (κ1) is 20.1. The summed E-state index contributed by atoms with van der Waals surface area (Å²) in [5.74, 6) is -2.26. The Morgan fingerprint density at radius 2 is 2.07 bits per heavy atom. The molecule has 0 N–H and O–H groups in total. The summed E-state index contributed by atoms with van der Waals surface area (Å²) < 4.78 is 39.7. The number of furan rings is 1. The van der Waals surface area contributed by atoms with Crippen LogP contribution in [0, 0.1) is 17.6 Å². The summed E-state index contributed by atoms with van der Waals surface area (Å²) in [6.07, 6.45) is 2.86. The van der Waals surface area contributed by atoms with E-state index in [0.717, 1.165) is 6.07 Å². The highest BCUT2D eigenvalue weighted by Gasteiger charge is 2.31. The maximum absolute atomic E-state index is 14.2. The molecule has 8 heteroatoms. The molecule has 3 heterocycles. The maximum Gasteiger partial charge on any atom is 0.310 e. The van der Waals surface area contributed by atoms with E-state index in [0.29, 0.717) is 42.8 Å². The number of amides is 1. The third kappa shape index (κ3) is 3.81. The van der Waals surface area contributed by atoms with Gasteiger partial charge in [0, 0.05) is 36.9 Å². The fraction of sp³-hybridized carbons (Fsp3) is 0.364. The molecule has 2 aromatic heterocycles. The quantitative estimate of drug-likeness (QED) is 0.591. The lowest BCUT2D eigenvalue weighted by molar-refractivity contribution is -0.149. The molecule has 0 radical (unpaired) electrons. The van der Waals surface area contributed by atoms with Gasteiger partial charge in [-0.25, -0.2) is 8.78 Å². The van der Waals surface area contributed by atoms with E-state index in [1.54, 1.807) is 28.5 Å². The second-order valence-electron chi connectivity index (χ2n) is 7.36. The van der Waals surface area contributed by atoms with Gasteiger partial charge >= 0.3 is 5.97 Å². The molecule has 1 aliphatic heterocycles. The predicted octanol–water partition coefficient (Wildman–Crippen LogP) is 3.98. The number of fused-ring (bicyclic) bond motifs is 1. The van der Waals surface area contributed by atoms with Gasteiger partial charge in [-0.1, -0.05) is 6.07 Å². The number of halogens is 2. The average Bonchev–Trinajstić information content (AvgIpc) is 3.32. The van der Waals surface area contributed by atoms with Crippen LogP contribution in [0.4, 0.5) is 8.78 Å². The summed E-state index contributed by atoms with van der Waals surface area (Å²) in [7, 11) is 0. The van der Waals surface area contributed by atoms with Crippen molar-refractivity contribution < 1.29 is 27.5 Å². The number of carbonyl (C=O) groups excluding carboxylic acids is 2. The molecule has 1 aromatic carbocycles. The second-order valence-corrected chi connectivity index (χ2v) is 7.36. The molecule has 0 spiro atoms. The molecule has 158 valence electrons. The molecule has 1 aliphatic rings. The van der Waals surface area contributed by atoms with Crippen LogP contribution in [0.1, 0.15) is 35.8 Å². The molecule has 1 saturated heterocycles. The summed E-state index contributed by atoms with van der Waals surface area (Å²) in [4.78, 5) is 27.0. The number of esters is 1. The first-order chi connectivity index (χ1) is 14.5. The average molecular weight is 416 g/mol. The minimum Gasteiger partial charge on any atom is -0.466 e. The third-order valence-electron chi connectivity index (χ3n) is 5.41. The van der Waals surface area contributed by atoms with Crippen molar-refractivity contribution >= 4 is 23.0 Å². The van der Waals surface area contributed by atoms with Gasteiger partial charge < -0.3 is 18.6 Å². The van der Waals surface area contributed by atoms with E-state index in [4.69, 9.17) is 9.15 Å². The minimum absolute atomic E-state index is 0.0470. The SMILES string of the molecule is CCOC(=O)[C@H]1CCCN(C(=O)c2cc3occc3n2Cc2ccc(F)cc2F)C1. The molecule has 30 heavy (non-hydrogen) atoms. The lowest BCUT2D eigenvalue weighted by Gasteiger charge is -2.31. The van der Waals surface area contributed by atoms with Crippen LogP contribution in [-0.4, -0.2) is 41.0 Å². The van der Waals surface area contributed by atoms with Crippen molar-refractivity contribution in [1.82, 2.24) is 9.47 Å². The van der Waals surface area contributed by atoms with Gasteiger partial charge in [-0.15, -0.1) is 0 Å². The number of benzene rings is 1. The predicted molar refractivity (Wildman–Crippen MR) is 105 cm³/mol. The Kier molecular flexibility index (Phi) is 5.57. The number of hydrogen-bond acceptors (Lipinski definition) is 4. The number of nitrogens with zero attached hydrogens (tertiary/aromatic N) is 2. The van der Waals surface area contributed by atoms with E-state index < -0.39 is 11.6 Å². The maximum atomic E-state index is 14.2. The van der Waals surface area contributed by atoms with Crippen molar-refractivity contribution in [3.05, 3.63) is 59.5 Å². The summed E-state index contributed by atoms with van der Waals surface area (Å²) in [6.45, 7) is 2.89. The van der Waals surface area contributed by atoms with Crippen molar-refractivity contribution in [2.75, 3.05) is 19.7 Å². The zero-order valence-electron chi connectivity index (χ0n) is 16.6. The van der Waals surface area contributed by atoms with Gasteiger partial charge in [-0.2, -0.15) is 0 Å². The molecule has 1 amide bonds. The molecule has 0 saturated carbocycles. The van der Waals surface area contributed by atoms with Crippen LogP contribution in [0.15, 0.2) is 41.0 Å². The number of likely N-dealkylation sites (tertiary alicyclic amines) is 1. The zero-order valence-corrected chi connectivity index (χ0v) is 16.6. The summed E-state index contributed by atoms with van der Waals surface area (Å²) in [6, 6.07) is 6.69. The van der Waals surface area contributed by atoms with Crippen LogP contribution in [0.3, 0.4) is 0 Å². The van der Waals surface area contributed by atoms with Crippen LogP contribution < -0.4 is 0 Å². The molecular formula is C22H22F2N2O4. The molecular weight excluding hydrogens is 394 g/mol. The zero-order chi connectivity index (χ0) is 21.3. The second kappa shape index (κ2) is 8.30. The summed E-state index contributed by atoms with van der Waals surface area (Å²) in [5.41, 5.74) is 1.73. The molecule has 6 nitrogen and oxygen atoms in total. The fourth-order valence-electron chi connectivity index (χ4n) is 3.92. The van der Waals surface area contributed by atoms with E-state index in [1.807, 2.05) is 0 Å². The van der Waals surface area contributed by atoms with E-state index in [2.05, 4.69) is 0 Å². The number of rotatable bonds is 5. The van der Waals surface area contributed by atoms with Crippen molar-refractivity contribution in [1.29, 1.82) is 0 Å². The van der Waals surface area contributed by atoms with E-state index in [9.17, 15) is 18.4 Å². The third-order valence-corrected chi connectivity index (χ3v) is 5.41. The Hall–Kier alpha value is -3.16. The Morgan fingerprint density at radius 1 is 1.23 bits per heavy atom. The molecule has 0 aliphatic carbocycles. The monoisotopic (exact) mass is 416 g/mol. The lowest BCUT2D eigenvalue weighted by atomic mass is 9.98. The van der Waals surface area contributed by atoms with Gasteiger partial charge in [0.1, 0.15) is 17.3 Å². The first-order valence-corrected chi connectivity index (χ1v) is 9.94. The van der Waals surface area contributed by atoms with Crippen molar-refractivity contribution in [2.24, 2.45) is 5.92 Å². The Morgan fingerprint density at radius 3 is 2.83 bits per heavy atom. The topological polar surface area (TPSA) is 64.7 Å². The number of ether oxygens (including phenoxy) is 1. The Labute approximate surface area is 172 Å². The van der Waals surface area contributed by atoms with Crippen LogP contribution in [-0.2, 0) is 16.1 Å².